The number of nitrogens with one attached hydrogen (secondary N) is 1. The molecule has 0 aliphatic heterocycles. The quantitative estimate of drug-likeness (QED) is 0.826. The van der Waals surface area contributed by atoms with Crippen molar-refractivity contribution >= 4 is 46.6 Å². The number of carbonyl (C=O) groups is 1. The molecule has 0 saturated heterocycles. The fourth-order valence-corrected chi connectivity index (χ4v) is 3.66. The van der Waals surface area contributed by atoms with E-state index in [9.17, 15) is 4.79 Å². The number of benzene rings is 1. The number of amides is 1. The summed E-state index contributed by atoms with van der Waals surface area (Å²) in [6, 6.07) is 5.99. The van der Waals surface area contributed by atoms with Crippen LogP contribution in [0.3, 0.4) is 0 Å². The van der Waals surface area contributed by atoms with E-state index in [0.29, 0.717) is 11.7 Å². The molecule has 0 heterocycles. The van der Waals surface area contributed by atoms with Crippen LogP contribution in [0.1, 0.15) is 17.5 Å². The predicted molar refractivity (Wildman–Crippen MR) is 84.4 cm³/mol. The summed E-state index contributed by atoms with van der Waals surface area (Å²) in [6.07, 6.45) is 0.835. The van der Waals surface area contributed by atoms with Crippen LogP contribution in [0, 0.1) is 19.8 Å². The molecule has 0 aromatic heterocycles. The molecular weight excluding hydrogens is 301 g/mol. The summed E-state index contributed by atoms with van der Waals surface area (Å²) in [5.74, 6) is 1.63. The van der Waals surface area contributed by atoms with Crippen LogP contribution in [-0.4, -0.2) is 21.7 Å². The molecule has 5 heteroatoms. The van der Waals surface area contributed by atoms with Crippen LogP contribution in [0.25, 0.3) is 0 Å². The number of hydrogen-bond donors (Lipinski definition) is 1. The summed E-state index contributed by atoms with van der Waals surface area (Å²) in [4.78, 5) is 11.8. The molecule has 0 bridgehead atoms. The Bertz CT molecular complexity index is 490. The summed E-state index contributed by atoms with van der Waals surface area (Å²) in [5, 5.41) is 2.93. The summed E-state index contributed by atoms with van der Waals surface area (Å²) in [5.41, 5.74) is 3.16. The molecule has 1 saturated carbocycles. The van der Waals surface area contributed by atoms with Crippen LogP contribution in [0.15, 0.2) is 18.2 Å². The number of anilines is 1. The van der Waals surface area contributed by atoms with Crippen LogP contribution in [0.4, 0.5) is 5.69 Å². The molecule has 1 aliphatic rings. The number of carbonyl (C=O) groups excluding carboxylic acids is 1. The van der Waals surface area contributed by atoms with Gasteiger partial charge >= 0.3 is 0 Å². The standard InChI is InChI=1S/C14H17Cl2NOS/c1-9-3-4-12(10(2)5-9)17-13(18)8-19-7-11-6-14(11,15)16/h3-5,11H,6-8H2,1-2H3,(H,17,18)/t11-/m0/s1. The number of halogens is 2. The fraction of sp³-hybridized carbons (Fsp3) is 0.500. The zero-order chi connectivity index (χ0) is 14.0. The van der Waals surface area contributed by atoms with Gasteiger partial charge in [-0.3, -0.25) is 4.79 Å². The van der Waals surface area contributed by atoms with Crippen LogP contribution in [-0.2, 0) is 4.79 Å². The number of aryl methyl sites for hydroxylation is 2. The Balaban J connectivity index is 1.75. The second-order valence-electron chi connectivity index (χ2n) is 5.04. The van der Waals surface area contributed by atoms with E-state index in [-0.39, 0.29) is 5.91 Å². The van der Waals surface area contributed by atoms with Crippen molar-refractivity contribution in [3.63, 3.8) is 0 Å². The Morgan fingerprint density at radius 1 is 1.47 bits per heavy atom. The van der Waals surface area contributed by atoms with Crippen LogP contribution in [0.2, 0.25) is 0 Å². The Morgan fingerprint density at radius 2 is 2.16 bits per heavy atom. The average Bonchev–Trinajstić information content (AvgIpc) is 2.90. The minimum absolute atomic E-state index is 0.0207. The predicted octanol–water partition coefficient (Wildman–Crippen LogP) is 4.17. The van der Waals surface area contributed by atoms with E-state index in [4.69, 9.17) is 23.2 Å². The lowest BCUT2D eigenvalue weighted by molar-refractivity contribution is -0.113. The monoisotopic (exact) mass is 317 g/mol. The molecule has 2 rings (SSSR count). The highest BCUT2D eigenvalue weighted by atomic mass is 35.5. The molecule has 1 atom stereocenters. The smallest absolute Gasteiger partial charge is 0.234 e. The van der Waals surface area contributed by atoms with Crippen LogP contribution < -0.4 is 5.32 Å². The lowest BCUT2D eigenvalue weighted by Crippen LogP contribution is -2.15. The second kappa shape index (κ2) is 5.94. The zero-order valence-corrected chi connectivity index (χ0v) is 13.3. The first-order chi connectivity index (χ1) is 8.88. The summed E-state index contributed by atoms with van der Waals surface area (Å²) in [6.45, 7) is 4.03. The van der Waals surface area contributed by atoms with Crippen molar-refractivity contribution in [2.24, 2.45) is 5.92 Å². The Kier molecular flexibility index (Phi) is 4.70. The molecule has 1 N–H and O–H groups in total. The normalized spacial score (nSPS) is 20.1. The van der Waals surface area contributed by atoms with Crippen molar-refractivity contribution < 1.29 is 4.79 Å². The van der Waals surface area contributed by atoms with E-state index < -0.39 is 4.33 Å². The van der Waals surface area contributed by atoms with E-state index in [2.05, 4.69) is 11.4 Å². The maximum Gasteiger partial charge on any atom is 0.234 e. The minimum atomic E-state index is -0.545. The van der Waals surface area contributed by atoms with Gasteiger partial charge in [0.1, 0.15) is 4.33 Å². The first-order valence-electron chi connectivity index (χ1n) is 6.21. The number of alkyl halides is 2. The highest BCUT2D eigenvalue weighted by molar-refractivity contribution is 8.00. The number of thioether (sulfide) groups is 1. The molecule has 0 radical (unpaired) electrons. The maximum atomic E-state index is 11.8. The van der Waals surface area contributed by atoms with Crippen LogP contribution in [0.5, 0.6) is 0 Å². The lowest BCUT2D eigenvalue weighted by Gasteiger charge is -2.09. The van der Waals surface area contributed by atoms with Crippen molar-refractivity contribution in [3.05, 3.63) is 29.3 Å². The lowest BCUT2D eigenvalue weighted by atomic mass is 10.1. The summed E-state index contributed by atoms with van der Waals surface area (Å²) in [7, 11) is 0. The fourth-order valence-electron chi connectivity index (χ4n) is 1.88. The van der Waals surface area contributed by atoms with E-state index in [1.165, 1.54) is 5.56 Å². The topological polar surface area (TPSA) is 29.1 Å². The molecule has 1 aromatic rings. The molecule has 19 heavy (non-hydrogen) atoms. The SMILES string of the molecule is Cc1ccc(NC(=O)CSC[C@@H]2CC2(Cl)Cl)c(C)c1. The van der Waals surface area contributed by atoms with Gasteiger partial charge in [-0.1, -0.05) is 17.7 Å². The van der Waals surface area contributed by atoms with E-state index in [1.807, 2.05) is 26.0 Å². The molecule has 2 nitrogen and oxygen atoms in total. The van der Waals surface area contributed by atoms with Gasteiger partial charge in [0.25, 0.3) is 0 Å². The number of rotatable bonds is 5. The third kappa shape index (κ3) is 4.30. The summed E-state index contributed by atoms with van der Waals surface area (Å²) >= 11 is 13.5. The highest BCUT2D eigenvalue weighted by Gasteiger charge is 2.51. The molecule has 0 spiro atoms. The van der Waals surface area contributed by atoms with Crippen molar-refractivity contribution in [3.8, 4) is 0 Å². The molecule has 1 aromatic carbocycles. The maximum absolute atomic E-state index is 11.8. The minimum Gasteiger partial charge on any atom is -0.325 e. The van der Waals surface area contributed by atoms with E-state index >= 15 is 0 Å². The zero-order valence-electron chi connectivity index (χ0n) is 11.0. The van der Waals surface area contributed by atoms with Gasteiger partial charge in [-0.25, -0.2) is 0 Å². The van der Waals surface area contributed by atoms with Crippen LogP contribution >= 0.6 is 35.0 Å². The Labute approximate surface area is 128 Å². The third-order valence-corrected chi connectivity index (χ3v) is 5.19. The van der Waals surface area contributed by atoms with Gasteiger partial charge in [0.05, 0.1) is 5.75 Å². The molecule has 1 amide bonds. The van der Waals surface area contributed by atoms with Gasteiger partial charge in [-0.15, -0.1) is 23.2 Å². The first kappa shape index (κ1) is 15.0. The van der Waals surface area contributed by atoms with Crippen molar-refractivity contribution in [1.29, 1.82) is 0 Å². The van der Waals surface area contributed by atoms with Gasteiger partial charge < -0.3 is 5.32 Å². The van der Waals surface area contributed by atoms with Crippen molar-refractivity contribution in [1.82, 2.24) is 0 Å². The van der Waals surface area contributed by atoms with Crippen molar-refractivity contribution in [2.75, 3.05) is 16.8 Å². The molecule has 104 valence electrons. The van der Waals surface area contributed by atoms with Gasteiger partial charge in [0.15, 0.2) is 0 Å². The van der Waals surface area contributed by atoms with Gasteiger partial charge in [0.2, 0.25) is 5.91 Å². The number of hydrogen-bond acceptors (Lipinski definition) is 2. The van der Waals surface area contributed by atoms with E-state index in [1.54, 1.807) is 11.8 Å². The largest absolute Gasteiger partial charge is 0.325 e. The molecular formula is C14H17Cl2NOS. The van der Waals surface area contributed by atoms with Gasteiger partial charge in [0, 0.05) is 11.6 Å². The highest BCUT2D eigenvalue weighted by Crippen LogP contribution is 2.54. The Hall–Kier alpha value is -0.380. The second-order valence-corrected chi connectivity index (χ2v) is 7.62. The van der Waals surface area contributed by atoms with Gasteiger partial charge in [-0.05, 0) is 37.7 Å². The van der Waals surface area contributed by atoms with E-state index in [0.717, 1.165) is 23.4 Å². The molecule has 0 unspecified atom stereocenters. The van der Waals surface area contributed by atoms with Crippen molar-refractivity contribution in [2.45, 2.75) is 24.6 Å². The van der Waals surface area contributed by atoms with Gasteiger partial charge in [-0.2, -0.15) is 11.8 Å². The molecule has 1 fully saturated rings. The Morgan fingerprint density at radius 3 is 2.74 bits per heavy atom. The average molecular weight is 318 g/mol. The molecule has 1 aliphatic carbocycles. The third-order valence-electron chi connectivity index (χ3n) is 3.16. The first-order valence-corrected chi connectivity index (χ1v) is 8.12. The summed E-state index contributed by atoms with van der Waals surface area (Å²) < 4.78 is -0.545.